The van der Waals surface area contributed by atoms with Crippen molar-refractivity contribution in [1.82, 2.24) is 10.1 Å². The fraction of sp³-hybridized carbons (Fsp3) is 0.176. The van der Waals surface area contributed by atoms with Crippen molar-refractivity contribution in [2.75, 3.05) is 14.2 Å². The summed E-state index contributed by atoms with van der Waals surface area (Å²) < 4.78 is 42.2. The fourth-order valence-corrected chi connectivity index (χ4v) is 2.90. The van der Waals surface area contributed by atoms with Gasteiger partial charge < -0.3 is 14.0 Å². The molecule has 3 rings (SSSR count). The molecule has 0 aliphatic rings. The zero-order chi connectivity index (χ0) is 17.8. The topological polar surface area (TPSA) is 57.4 Å². The predicted octanol–water partition coefficient (Wildman–Crippen LogP) is 4.32. The average molecular weight is 364 g/mol. The third kappa shape index (κ3) is 3.90. The molecule has 1 heterocycles. The van der Waals surface area contributed by atoms with E-state index in [2.05, 4.69) is 10.1 Å². The van der Waals surface area contributed by atoms with Crippen LogP contribution in [0.5, 0.6) is 11.5 Å². The maximum atomic E-state index is 13.6. The fourth-order valence-electron chi connectivity index (χ4n) is 2.14. The number of hydrogen-bond donors (Lipinski definition) is 0. The van der Waals surface area contributed by atoms with Crippen molar-refractivity contribution in [3.8, 4) is 22.9 Å². The molecule has 0 unspecified atom stereocenters. The Labute approximate surface area is 147 Å². The van der Waals surface area contributed by atoms with Gasteiger partial charge >= 0.3 is 0 Å². The van der Waals surface area contributed by atoms with Crippen LogP contribution in [0.4, 0.5) is 8.78 Å². The van der Waals surface area contributed by atoms with Gasteiger partial charge in [-0.25, -0.2) is 8.78 Å². The van der Waals surface area contributed by atoms with Gasteiger partial charge in [0, 0.05) is 17.0 Å². The van der Waals surface area contributed by atoms with Gasteiger partial charge in [-0.2, -0.15) is 4.98 Å². The number of thioether (sulfide) groups is 1. The average Bonchev–Trinajstić information content (AvgIpc) is 3.09. The van der Waals surface area contributed by atoms with Crippen LogP contribution in [0.15, 0.2) is 45.8 Å². The number of methoxy groups -OCH3 is 2. The molecule has 0 aliphatic carbocycles. The number of nitrogens with zero attached hydrogens (tertiary/aromatic N) is 2. The molecular formula is C17H14F2N2O3S. The number of halogens is 2. The van der Waals surface area contributed by atoms with E-state index in [-0.39, 0.29) is 5.75 Å². The highest BCUT2D eigenvalue weighted by Crippen LogP contribution is 2.32. The van der Waals surface area contributed by atoms with Crippen molar-refractivity contribution in [3.05, 3.63) is 53.9 Å². The summed E-state index contributed by atoms with van der Waals surface area (Å²) in [6.07, 6.45) is 0. The second-order valence-electron chi connectivity index (χ2n) is 4.94. The van der Waals surface area contributed by atoms with E-state index < -0.39 is 11.6 Å². The van der Waals surface area contributed by atoms with Crippen LogP contribution in [-0.4, -0.2) is 24.4 Å². The van der Waals surface area contributed by atoms with E-state index in [1.165, 1.54) is 19.2 Å². The third-order valence-corrected chi connectivity index (χ3v) is 4.40. The second kappa shape index (κ2) is 7.52. The van der Waals surface area contributed by atoms with Gasteiger partial charge in [0.2, 0.25) is 11.7 Å². The molecule has 8 heteroatoms. The lowest BCUT2D eigenvalue weighted by Gasteiger charge is -2.07. The Morgan fingerprint density at radius 1 is 1.08 bits per heavy atom. The van der Waals surface area contributed by atoms with Crippen LogP contribution < -0.4 is 9.47 Å². The van der Waals surface area contributed by atoms with Crippen LogP contribution in [-0.2, 0) is 5.75 Å². The van der Waals surface area contributed by atoms with E-state index in [9.17, 15) is 8.78 Å². The molecule has 0 amide bonds. The van der Waals surface area contributed by atoms with E-state index in [0.29, 0.717) is 33.7 Å². The first kappa shape index (κ1) is 17.2. The van der Waals surface area contributed by atoms with Crippen LogP contribution in [0.3, 0.4) is 0 Å². The first-order chi connectivity index (χ1) is 12.1. The lowest BCUT2D eigenvalue weighted by Crippen LogP contribution is -1.92. The third-order valence-electron chi connectivity index (χ3n) is 3.36. The molecule has 25 heavy (non-hydrogen) atoms. The Balaban J connectivity index is 1.76. The lowest BCUT2D eigenvalue weighted by atomic mass is 10.2. The normalized spacial score (nSPS) is 10.7. The molecule has 0 aliphatic heterocycles. The van der Waals surface area contributed by atoms with Crippen molar-refractivity contribution in [3.63, 3.8) is 0 Å². The molecule has 0 fully saturated rings. The highest BCUT2D eigenvalue weighted by Gasteiger charge is 2.15. The van der Waals surface area contributed by atoms with Crippen LogP contribution in [0.1, 0.15) is 5.89 Å². The second-order valence-corrected chi connectivity index (χ2v) is 5.96. The monoisotopic (exact) mass is 364 g/mol. The molecule has 0 saturated carbocycles. The Bertz CT molecular complexity index is 886. The molecule has 130 valence electrons. The van der Waals surface area contributed by atoms with Crippen molar-refractivity contribution < 1.29 is 22.8 Å². The molecule has 0 N–H and O–H groups in total. The Morgan fingerprint density at radius 3 is 2.64 bits per heavy atom. The van der Waals surface area contributed by atoms with Crippen LogP contribution in [0, 0.1) is 11.6 Å². The van der Waals surface area contributed by atoms with Gasteiger partial charge in [0.1, 0.15) is 23.1 Å². The van der Waals surface area contributed by atoms with Crippen LogP contribution in [0.25, 0.3) is 11.4 Å². The SMILES string of the molecule is COc1ccc(-c2noc(CSc3ccc(F)cc3F)n2)c(OC)c1. The molecular weight excluding hydrogens is 350 g/mol. The zero-order valence-electron chi connectivity index (χ0n) is 13.5. The molecule has 0 spiro atoms. The smallest absolute Gasteiger partial charge is 0.237 e. The van der Waals surface area contributed by atoms with E-state index in [1.54, 1.807) is 25.3 Å². The van der Waals surface area contributed by atoms with E-state index in [4.69, 9.17) is 14.0 Å². The largest absolute Gasteiger partial charge is 0.497 e. The molecule has 1 aromatic heterocycles. The van der Waals surface area contributed by atoms with Gasteiger partial charge in [-0.05, 0) is 24.3 Å². The lowest BCUT2D eigenvalue weighted by molar-refractivity contribution is 0.388. The summed E-state index contributed by atoms with van der Waals surface area (Å²) in [5.74, 6) is 0.885. The highest BCUT2D eigenvalue weighted by molar-refractivity contribution is 7.98. The summed E-state index contributed by atoms with van der Waals surface area (Å²) in [5.41, 5.74) is 0.649. The van der Waals surface area contributed by atoms with E-state index in [1.807, 2.05) is 0 Å². The summed E-state index contributed by atoms with van der Waals surface area (Å²) in [7, 11) is 3.10. The maximum Gasteiger partial charge on any atom is 0.237 e. The predicted molar refractivity (Wildman–Crippen MR) is 88.8 cm³/mol. The molecule has 0 bridgehead atoms. The number of aromatic nitrogens is 2. The quantitative estimate of drug-likeness (QED) is 0.607. The number of benzene rings is 2. The first-order valence-corrected chi connectivity index (χ1v) is 8.22. The highest BCUT2D eigenvalue weighted by atomic mass is 32.2. The van der Waals surface area contributed by atoms with E-state index in [0.717, 1.165) is 17.8 Å². The molecule has 0 atom stereocenters. The summed E-state index contributed by atoms with van der Waals surface area (Å²) in [5, 5.41) is 3.93. The van der Waals surface area contributed by atoms with Gasteiger partial charge in [-0.15, -0.1) is 11.8 Å². The molecule has 3 aromatic rings. The summed E-state index contributed by atoms with van der Waals surface area (Å²) in [6.45, 7) is 0. The molecule has 0 radical (unpaired) electrons. The van der Waals surface area contributed by atoms with E-state index >= 15 is 0 Å². The standard InChI is InChI=1S/C17H14F2N2O3S/c1-22-11-4-5-12(14(8-11)23-2)17-20-16(24-21-17)9-25-15-6-3-10(18)7-13(15)19/h3-8H,9H2,1-2H3. The molecule has 5 nitrogen and oxygen atoms in total. The van der Waals surface area contributed by atoms with Gasteiger partial charge in [-0.1, -0.05) is 5.16 Å². The van der Waals surface area contributed by atoms with Gasteiger partial charge in [-0.3, -0.25) is 0 Å². The van der Waals surface area contributed by atoms with Crippen molar-refractivity contribution in [1.29, 1.82) is 0 Å². The minimum absolute atomic E-state index is 0.258. The van der Waals surface area contributed by atoms with Crippen molar-refractivity contribution >= 4 is 11.8 Å². The van der Waals surface area contributed by atoms with Gasteiger partial charge in [0.15, 0.2) is 0 Å². The molecule has 0 saturated heterocycles. The summed E-state index contributed by atoms with van der Waals surface area (Å²) >= 11 is 1.14. The van der Waals surface area contributed by atoms with Gasteiger partial charge in [0.25, 0.3) is 0 Å². The number of hydrogen-bond acceptors (Lipinski definition) is 6. The number of rotatable bonds is 6. The Hall–Kier alpha value is -2.61. The zero-order valence-corrected chi connectivity index (χ0v) is 14.3. The van der Waals surface area contributed by atoms with Gasteiger partial charge in [0.05, 0.1) is 25.5 Å². The van der Waals surface area contributed by atoms with Crippen LogP contribution in [0.2, 0.25) is 0 Å². The Morgan fingerprint density at radius 2 is 1.92 bits per heavy atom. The molecule has 2 aromatic carbocycles. The first-order valence-electron chi connectivity index (χ1n) is 7.23. The van der Waals surface area contributed by atoms with Crippen molar-refractivity contribution in [2.45, 2.75) is 10.6 Å². The maximum absolute atomic E-state index is 13.6. The minimum Gasteiger partial charge on any atom is -0.497 e. The summed E-state index contributed by atoms with van der Waals surface area (Å²) in [4.78, 5) is 4.60. The van der Waals surface area contributed by atoms with Crippen molar-refractivity contribution in [2.24, 2.45) is 0 Å². The minimum atomic E-state index is -0.624. The number of ether oxygens (including phenoxy) is 2. The van der Waals surface area contributed by atoms with Crippen LogP contribution >= 0.6 is 11.8 Å². The Kier molecular flexibility index (Phi) is 5.18. The summed E-state index contributed by atoms with van der Waals surface area (Å²) in [6, 6.07) is 8.65.